The standard InChI is InChI=1S/C66H92S4/c1-5-9-13-17-19-21-23-25-27-31-35-59-47-49-61(67-59)65-57(33-29-15-11-7-3)51-63(69-65)55-43-39-53(40-44-55)37-38-54-41-45-56(46-42-54)64-52-58(34-30-16-12-8-4)66(70-64)62-50-48-60(68-62)36-32-28-26-24-22-20-18-14-10-6-2/h37-52H,5-36H2,1-4H3. The van der Waals surface area contributed by atoms with Crippen LogP contribution in [0.4, 0.5) is 0 Å². The van der Waals surface area contributed by atoms with Crippen molar-refractivity contribution in [2.24, 2.45) is 0 Å². The minimum Gasteiger partial charge on any atom is -0.139 e. The van der Waals surface area contributed by atoms with Crippen LogP contribution in [0.15, 0.2) is 84.9 Å². The van der Waals surface area contributed by atoms with Crippen LogP contribution in [0.1, 0.15) is 239 Å². The number of thiophene rings is 4. The highest BCUT2D eigenvalue weighted by molar-refractivity contribution is 7.24. The SMILES string of the molecule is CCCCCCCCCCCCc1ccc(-c2sc(-c3ccc(C=Cc4ccc(-c5cc(CCCCCC)c(-c6ccc(CCCCCCCCCCCC)s6)s5)cc4)cc3)cc2CCCCCC)s1. The third kappa shape index (κ3) is 19.8. The number of hydrogen-bond acceptors (Lipinski definition) is 4. The van der Waals surface area contributed by atoms with Crippen LogP contribution in [0.25, 0.3) is 52.5 Å². The lowest BCUT2D eigenvalue weighted by Gasteiger charge is -2.03. The van der Waals surface area contributed by atoms with Crippen molar-refractivity contribution in [3.05, 3.63) is 117 Å². The van der Waals surface area contributed by atoms with Crippen molar-refractivity contribution in [2.75, 3.05) is 0 Å². The summed E-state index contributed by atoms with van der Waals surface area (Å²) in [4.78, 5) is 11.9. The average molecular weight is 1010 g/mol. The van der Waals surface area contributed by atoms with Crippen molar-refractivity contribution >= 4 is 57.5 Å². The molecule has 0 aliphatic carbocycles. The number of unbranched alkanes of at least 4 members (excludes halogenated alkanes) is 24. The Morgan fingerprint density at radius 2 is 0.586 bits per heavy atom. The van der Waals surface area contributed by atoms with Gasteiger partial charge in [-0.3, -0.25) is 0 Å². The third-order valence-corrected chi connectivity index (χ3v) is 19.5. The first-order chi connectivity index (χ1) is 34.6. The van der Waals surface area contributed by atoms with E-state index in [4.69, 9.17) is 0 Å². The Morgan fingerprint density at radius 1 is 0.286 bits per heavy atom. The van der Waals surface area contributed by atoms with Crippen molar-refractivity contribution in [2.45, 2.75) is 233 Å². The molecule has 0 spiro atoms. The highest BCUT2D eigenvalue weighted by Crippen LogP contribution is 2.44. The summed E-state index contributed by atoms with van der Waals surface area (Å²) in [5, 5.41) is 0. The molecule has 6 rings (SSSR count). The van der Waals surface area contributed by atoms with Crippen LogP contribution in [-0.2, 0) is 25.7 Å². The maximum atomic E-state index is 2.52. The number of rotatable bonds is 38. The molecule has 0 fully saturated rings. The van der Waals surface area contributed by atoms with Gasteiger partial charge in [-0.1, -0.05) is 242 Å². The molecule has 0 nitrogen and oxygen atoms in total. The number of benzene rings is 2. The Bertz CT molecular complexity index is 2130. The van der Waals surface area contributed by atoms with E-state index >= 15 is 0 Å². The van der Waals surface area contributed by atoms with Crippen molar-refractivity contribution in [1.29, 1.82) is 0 Å². The summed E-state index contributed by atoms with van der Waals surface area (Å²) >= 11 is 8.12. The molecular formula is C66H92S4. The summed E-state index contributed by atoms with van der Waals surface area (Å²) in [7, 11) is 0. The van der Waals surface area contributed by atoms with Crippen LogP contribution in [0, 0.1) is 0 Å². The molecular weight excluding hydrogens is 921 g/mol. The predicted molar refractivity (Wildman–Crippen MR) is 322 cm³/mol. The number of hydrogen-bond donors (Lipinski definition) is 0. The van der Waals surface area contributed by atoms with Crippen molar-refractivity contribution < 1.29 is 0 Å². The van der Waals surface area contributed by atoms with Gasteiger partial charge in [0.05, 0.1) is 0 Å². The van der Waals surface area contributed by atoms with E-state index in [9.17, 15) is 0 Å². The Labute approximate surface area is 444 Å². The predicted octanol–water partition coefficient (Wildman–Crippen LogP) is 23.9. The maximum Gasteiger partial charge on any atom is 0.0481 e. The molecule has 4 aromatic heterocycles. The van der Waals surface area contributed by atoms with Crippen molar-refractivity contribution in [1.82, 2.24) is 0 Å². The normalized spacial score (nSPS) is 11.8. The zero-order chi connectivity index (χ0) is 48.9. The Balaban J connectivity index is 1.03. The van der Waals surface area contributed by atoms with Gasteiger partial charge in [-0.2, -0.15) is 0 Å². The van der Waals surface area contributed by atoms with Gasteiger partial charge in [0.25, 0.3) is 0 Å². The minimum atomic E-state index is 1.18. The van der Waals surface area contributed by atoms with Crippen LogP contribution in [-0.4, -0.2) is 0 Å². The van der Waals surface area contributed by atoms with Crippen LogP contribution in [0.3, 0.4) is 0 Å². The molecule has 0 aliphatic heterocycles. The summed E-state index contributed by atoms with van der Waals surface area (Å²) in [5.41, 5.74) is 8.27. The second kappa shape index (κ2) is 33.7. The van der Waals surface area contributed by atoms with Gasteiger partial charge in [0.2, 0.25) is 0 Å². The summed E-state index contributed by atoms with van der Waals surface area (Å²) < 4.78 is 0. The van der Waals surface area contributed by atoms with E-state index in [1.54, 1.807) is 20.9 Å². The molecule has 4 heterocycles. The molecule has 0 bridgehead atoms. The lowest BCUT2D eigenvalue weighted by molar-refractivity contribution is 0.557. The zero-order valence-electron chi connectivity index (χ0n) is 44.5. The summed E-state index contributed by atoms with van der Waals surface area (Å²) in [6, 6.07) is 33.3. The zero-order valence-corrected chi connectivity index (χ0v) is 47.8. The quantitative estimate of drug-likeness (QED) is 0.0268. The second-order valence-corrected chi connectivity index (χ2v) is 25.0. The van der Waals surface area contributed by atoms with Crippen molar-refractivity contribution in [3.8, 4) is 40.4 Å². The van der Waals surface area contributed by atoms with Gasteiger partial charge in [0, 0.05) is 39.0 Å². The Hall–Kier alpha value is -3.02. The molecule has 70 heavy (non-hydrogen) atoms. The van der Waals surface area contributed by atoms with E-state index in [-0.39, 0.29) is 0 Å². The number of aryl methyl sites for hydroxylation is 4. The minimum absolute atomic E-state index is 1.18. The van der Waals surface area contributed by atoms with Gasteiger partial charge in [0.15, 0.2) is 0 Å². The Kier molecular flexibility index (Phi) is 27.1. The van der Waals surface area contributed by atoms with Gasteiger partial charge in [-0.05, 0) is 121 Å². The lowest BCUT2D eigenvalue weighted by atomic mass is 10.0. The van der Waals surface area contributed by atoms with E-state index < -0.39 is 0 Å². The molecule has 4 heteroatoms. The van der Waals surface area contributed by atoms with Crippen LogP contribution < -0.4 is 0 Å². The smallest absolute Gasteiger partial charge is 0.0481 e. The summed E-state index contributed by atoms with van der Waals surface area (Å²) in [6.07, 6.45) is 47.8. The molecule has 0 saturated carbocycles. The van der Waals surface area contributed by atoms with Crippen LogP contribution in [0.5, 0.6) is 0 Å². The van der Waals surface area contributed by atoms with E-state index in [0.29, 0.717) is 0 Å². The Morgan fingerprint density at radius 3 is 0.929 bits per heavy atom. The molecule has 0 radical (unpaired) electrons. The van der Waals surface area contributed by atoms with Crippen LogP contribution in [0.2, 0.25) is 0 Å². The summed E-state index contributed by atoms with van der Waals surface area (Å²) in [6.45, 7) is 9.25. The maximum absolute atomic E-state index is 2.52. The lowest BCUT2D eigenvalue weighted by Crippen LogP contribution is -1.85. The molecule has 6 aromatic rings. The fraction of sp³-hybridized carbons (Fsp3) is 0.545. The van der Waals surface area contributed by atoms with Gasteiger partial charge in [-0.25, -0.2) is 0 Å². The average Bonchev–Trinajstić information content (AvgIpc) is 4.23. The topological polar surface area (TPSA) is 0 Å². The molecule has 0 amide bonds. The first-order valence-electron chi connectivity index (χ1n) is 28.9. The van der Waals surface area contributed by atoms with Crippen LogP contribution >= 0.6 is 45.3 Å². The first kappa shape index (κ1) is 56.3. The van der Waals surface area contributed by atoms with Crippen molar-refractivity contribution in [3.63, 3.8) is 0 Å². The monoisotopic (exact) mass is 1010 g/mol. The highest BCUT2D eigenvalue weighted by atomic mass is 32.1. The molecule has 0 saturated heterocycles. The fourth-order valence-electron chi connectivity index (χ4n) is 9.97. The summed E-state index contributed by atoms with van der Waals surface area (Å²) in [5.74, 6) is 0. The van der Waals surface area contributed by atoms with Gasteiger partial charge < -0.3 is 0 Å². The second-order valence-electron chi connectivity index (χ2n) is 20.5. The highest BCUT2D eigenvalue weighted by Gasteiger charge is 2.17. The third-order valence-electron chi connectivity index (χ3n) is 14.4. The largest absolute Gasteiger partial charge is 0.139 e. The molecule has 0 N–H and O–H groups in total. The fourth-order valence-corrected chi connectivity index (χ4v) is 14.8. The van der Waals surface area contributed by atoms with E-state index in [0.717, 1.165) is 0 Å². The molecule has 380 valence electrons. The van der Waals surface area contributed by atoms with E-state index in [1.807, 2.05) is 22.7 Å². The van der Waals surface area contributed by atoms with E-state index in [1.165, 1.54) is 257 Å². The van der Waals surface area contributed by atoms with E-state index in [2.05, 4.69) is 147 Å². The molecule has 0 aliphatic rings. The molecule has 0 atom stereocenters. The molecule has 2 aromatic carbocycles. The van der Waals surface area contributed by atoms with Gasteiger partial charge in [0.1, 0.15) is 0 Å². The van der Waals surface area contributed by atoms with Gasteiger partial charge >= 0.3 is 0 Å². The first-order valence-corrected chi connectivity index (χ1v) is 32.2. The van der Waals surface area contributed by atoms with Gasteiger partial charge in [-0.15, -0.1) is 45.3 Å². The molecule has 0 unspecified atom stereocenters.